The van der Waals surface area contributed by atoms with Crippen molar-refractivity contribution in [2.24, 2.45) is 0 Å². The van der Waals surface area contributed by atoms with Crippen LogP contribution in [-0.4, -0.2) is 103 Å². The largest absolute Gasteiger partial charge is 0.479 e. The van der Waals surface area contributed by atoms with Crippen molar-refractivity contribution in [1.29, 1.82) is 0 Å². The van der Waals surface area contributed by atoms with Crippen LogP contribution in [0.15, 0.2) is 54.6 Å². The predicted molar refractivity (Wildman–Crippen MR) is 150 cm³/mol. The Balaban J connectivity index is 1.37. The molecule has 0 bridgehead atoms. The van der Waals surface area contributed by atoms with E-state index in [0.717, 1.165) is 26.4 Å². The molecule has 2 aliphatic rings. The lowest BCUT2D eigenvalue weighted by molar-refractivity contribution is -0.337. The first-order chi connectivity index (χ1) is 20.5. The molecule has 0 radical (unpaired) electrons. The molecule has 0 aliphatic carbocycles. The number of rotatable bonds is 8. The van der Waals surface area contributed by atoms with Crippen LogP contribution in [0.1, 0.15) is 27.7 Å². The molecular formula is C30H33FO11S. The molecule has 232 valence electrons. The van der Waals surface area contributed by atoms with Crippen LogP contribution < -0.4 is 0 Å². The van der Waals surface area contributed by atoms with Crippen LogP contribution in [0.3, 0.4) is 0 Å². The third-order valence-electron chi connectivity index (χ3n) is 7.83. The lowest BCUT2D eigenvalue weighted by atomic mass is 9.89. The number of hydrogen-bond acceptors (Lipinski definition) is 11. The van der Waals surface area contributed by atoms with E-state index in [1.165, 1.54) is 12.1 Å². The number of aliphatic carboxylic acids is 1. The quantitative estimate of drug-likeness (QED) is 0.190. The lowest BCUT2D eigenvalue weighted by Gasteiger charge is -2.46. The highest BCUT2D eigenvalue weighted by atomic mass is 32.1. The van der Waals surface area contributed by atoms with E-state index in [0.29, 0.717) is 12.0 Å². The van der Waals surface area contributed by atoms with Crippen molar-refractivity contribution in [1.82, 2.24) is 0 Å². The van der Waals surface area contributed by atoms with E-state index in [9.17, 15) is 44.9 Å². The maximum Gasteiger partial charge on any atom is 0.335 e. The average molecular weight is 621 g/mol. The van der Waals surface area contributed by atoms with Gasteiger partial charge in [0.2, 0.25) is 0 Å². The molecule has 43 heavy (non-hydrogen) atoms. The van der Waals surface area contributed by atoms with Crippen molar-refractivity contribution < 1.29 is 59.1 Å². The monoisotopic (exact) mass is 620 g/mol. The fourth-order valence-electron chi connectivity index (χ4n) is 5.33. The zero-order chi connectivity index (χ0) is 31.0. The highest BCUT2D eigenvalue weighted by molar-refractivity contribution is 7.15. The summed E-state index contributed by atoms with van der Waals surface area (Å²) < 4.78 is 30.0. The summed E-state index contributed by atoms with van der Waals surface area (Å²) in [5.41, 5.74) is 3.28. The van der Waals surface area contributed by atoms with Crippen LogP contribution in [0.5, 0.6) is 0 Å². The second kappa shape index (κ2) is 13.0. The highest BCUT2D eigenvalue weighted by Crippen LogP contribution is 2.37. The molecule has 0 spiro atoms. The van der Waals surface area contributed by atoms with Gasteiger partial charge >= 0.3 is 5.97 Å². The Morgan fingerprint density at radius 1 is 0.907 bits per heavy atom. The molecule has 0 saturated carbocycles. The topological polar surface area (TPSA) is 186 Å². The van der Waals surface area contributed by atoms with Gasteiger partial charge in [-0.05, 0) is 53.4 Å². The summed E-state index contributed by atoms with van der Waals surface area (Å²) in [4.78, 5) is 13.5. The van der Waals surface area contributed by atoms with Gasteiger partial charge in [0, 0.05) is 16.2 Å². The van der Waals surface area contributed by atoms with Crippen LogP contribution in [0.25, 0.3) is 10.4 Å². The minimum absolute atomic E-state index is 0.313. The van der Waals surface area contributed by atoms with Crippen LogP contribution in [0, 0.1) is 12.7 Å². The summed E-state index contributed by atoms with van der Waals surface area (Å²) in [6.45, 7) is 1.27. The summed E-state index contributed by atoms with van der Waals surface area (Å²) in [5, 5.41) is 71.9. The van der Waals surface area contributed by atoms with Crippen molar-refractivity contribution in [3.8, 4) is 10.4 Å². The molecule has 1 aromatic heterocycles. The van der Waals surface area contributed by atoms with Gasteiger partial charge in [0.05, 0.1) is 6.61 Å². The highest BCUT2D eigenvalue weighted by Gasteiger charge is 2.52. The fourth-order valence-corrected chi connectivity index (χ4v) is 6.37. The lowest BCUT2D eigenvalue weighted by Crippen LogP contribution is -2.64. The Morgan fingerprint density at radius 3 is 2.30 bits per heavy atom. The van der Waals surface area contributed by atoms with E-state index >= 15 is 0 Å². The van der Waals surface area contributed by atoms with Gasteiger partial charge in [0.1, 0.15) is 54.6 Å². The average Bonchev–Trinajstić information content (AvgIpc) is 3.45. The van der Waals surface area contributed by atoms with Gasteiger partial charge in [-0.25, -0.2) is 9.18 Å². The number of aliphatic hydroxyl groups is 6. The molecule has 2 fully saturated rings. The van der Waals surface area contributed by atoms with Crippen molar-refractivity contribution in [2.75, 3.05) is 6.61 Å². The third kappa shape index (κ3) is 6.51. The molecule has 5 rings (SSSR count). The Labute approximate surface area is 250 Å². The van der Waals surface area contributed by atoms with Crippen molar-refractivity contribution in [3.05, 3.63) is 82.0 Å². The van der Waals surface area contributed by atoms with E-state index < -0.39 is 73.8 Å². The summed E-state index contributed by atoms with van der Waals surface area (Å²) in [5.74, 6) is -1.93. The number of aliphatic hydroxyl groups excluding tert-OH is 6. The number of halogens is 1. The number of benzene rings is 2. The number of ether oxygens (including phenoxy) is 3. The van der Waals surface area contributed by atoms with E-state index in [-0.39, 0.29) is 5.82 Å². The Hall–Kier alpha value is -2.82. The maximum absolute atomic E-state index is 13.3. The van der Waals surface area contributed by atoms with E-state index in [1.807, 2.05) is 31.2 Å². The number of carbonyl (C=O) groups is 1. The summed E-state index contributed by atoms with van der Waals surface area (Å²) in [6, 6.07) is 15.6. The van der Waals surface area contributed by atoms with Gasteiger partial charge in [-0.15, -0.1) is 11.3 Å². The number of thiophene rings is 1. The van der Waals surface area contributed by atoms with E-state index in [4.69, 9.17) is 14.2 Å². The summed E-state index contributed by atoms with van der Waals surface area (Å²) >= 11 is 1.56. The smallest absolute Gasteiger partial charge is 0.335 e. The van der Waals surface area contributed by atoms with Crippen molar-refractivity contribution in [3.63, 3.8) is 0 Å². The molecule has 13 heteroatoms. The standard InChI is InChI=1S/C30H33FO11S/c1-13-2-3-15(10-16(13)11-18-8-9-20(43-18)14-4-6-17(31)7-5-14)26-25(37)27(21(33)19(12-32)40-26)41-30-24(36)22(34)23(35)28(42-30)29(38)39/h2-10,19,21-28,30,32-37H,11-12H2,1H3,(H,38,39)/t19-,21-,22?,23?,24?,25+,26+,27+,28?,30?/m1/s1. The number of carboxylic acids is 1. The molecule has 3 aromatic rings. The van der Waals surface area contributed by atoms with Crippen LogP contribution in [-0.2, 0) is 25.4 Å². The predicted octanol–water partition coefficient (Wildman–Crippen LogP) is 0.885. The minimum atomic E-state index is -1.95. The third-order valence-corrected chi connectivity index (χ3v) is 8.96. The fraction of sp³-hybridized carbons (Fsp3) is 0.433. The molecule has 10 atom stereocenters. The molecule has 3 heterocycles. The second-order valence-corrected chi connectivity index (χ2v) is 11.9. The molecule has 2 saturated heterocycles. The molecule has 2 aromatic carbocycles. The first kappa shape index (κ1) is 31.6. The van der Waals surface area contributed by atoms with E-state index in [2.05, 4.69) is 0 Å². The summed E-state index contributed by atoms with van der Waals surface area (Å²) in [7, 11) is 0. The van der Waals surface area contributed by atoms with Crippen LogP contribution >= 0.6 is 11.3 Å². The number of carboxylic acid groups (broad SMARTS) is 1. The Morgan fingerprint density at radius 2 is 1.63 bits per heavy atom. The first-order valence-corrected chi connectivity index (χ1v) is 14.4. The second-order valence-electron chi connectivity index (χ2n) is 10.7. The SMILES string of the molecule is Cc1ccc([C@@H]2O[C@H](CO)[C@@H](O)[C@H](OC3OC(C(=O)O)C(O)C(O)C3O)[C@H]2O)cc1Cc1ccc(-c2ccc(F)cc2)s1. The Kier molecular flexibility index (Phi) is 9.58. The molecule has 2 aliphatic heterocycles. The summed E-state index contributed by atoms with van der Waals surface area (Å²) in [6.07, 6.45) is -16.1. The first-order valence-electron chi connectivity index (χ1n) is 13.6. The normalized spacial score (nSPS) is 32.9. The molecule has 7 N–H and O–H groups in total. The molecule has 11 nitrogen and oxygen atoms in total. The van der Waals surface area contributed by atoms with Gasteiger partial charge in [-0.1, -0.05) is 30.3 Å². The van der Waals surface area contributed by atoms with Gasteiger partial charge in [0.15, 0.2) is 12.4 Å². The van der Waals surface area contributed by atoms with Crippen LogP contribution in [0.2, 0.25) is 0 Å². The minimum Gasteiger partial charge on any atom is -0.479 e. The molecular weight excluding hydrogens is 587 g/mol. The maximum atomic E-state index is 13.3. The van der Waals surface area contributed by atoms with Crippen molar-refractivity contribution in [2.45, 2.75) is 74.6 Å². The Bertz CT molecular complexity index is 1420. The number of hydrogen-bond donors (Lipinski definition) is 7. The number of aryl methyl sites for hydroxylation is 1. The van der Waals surface area contributed by atoms with E-state index in [1.54, 1.807) is 29.5 Å². The van der Waals surface area contributed by atoms with Gasteiger partial charge in [0.25, 0.3) is 0 Å². The van der Waals surface area contributed by atoms with Crippen molar-refractivity contribution >= 4 is 17.3 Å². The van der Waals surface area contributed by atoms with Crippen LogP contribution in [0.4, 0.5) is 4.39 Å². The van der Waals surface area contributed by atoms with Gasteiger partial charge < -0.3 is 50.0 Å². The zero-order valence-electron chi connectivity index (χ0n) is 22.9. The van der Waals surface area contributed by atoms with Gasteiger partial charge in [-0.3, -0.25) is 0 Å². The zero-order valence-corrected chi connectivity index (χ0v) is 23.8. The van der Waals surface area contributed by atoms with Gasteiger partial charge in [-0.2, -0.15) is 0 Å². The molecule has 0 amide bonds. The molecule has 5 unspecified atom stereocenters.